The van der Waals surface area contributed by atoms with Crippen molar-refractivity contribution in [2.24, 2.45) is 0 Å². The molecule has 0 bridgehead atoms. The molecular weight excluding hydrogens is 447 g/mol. The number of amides is 2. The molecule has 1 aliphatic heterocycles. The first-order valence-corrected chi connectivity index (χ1v) is 10.9. The summed E-state index contributed by atoms with van der Waals surface area (Å²) in [7, 11) is 0. The van der Waals surface area contributed by atoms with Crippen LogP contribution in [0.5, 0.6) is 5.75 Å². The van der Waals surface area contributed by atoms with Gasteiger partial charge in [-0.3, -0.25) is 14.5 Å². The van der Waals surface area contributed by atoms with Crippen molar-refractivity contribution in [3.63, 3.8) is 0 Å². The van der Waals surface area contributed by atoms with Crippen LogP contribution in [-0.4, -0.2) is 60.9 Å². The van der Waals surface area contributed by atoms with E-state index >= 15 is 0 Å². The maximum Gasteiger partial charge on any atom is 0.418 e. The second-order valence-corrected chi connectivity index (χ2v) is 8.05. The zero-order chi connectivity index (χ0) is 24.1. The van der Waals surface area contributed by atoms with E-state index in [1.54, 1.807) is 9.80 Å². The Morgan fingerprint density at radius 3 is 2.29 bits per heavy atom. The molecule has 1 saturated heterocycles. The maximum atomic E-state index is 13.1. The maximum absolute atomic E-state index is 13.1. The van der Waals surface area contributed by atoms with Gasteiger partial charge < -0.3 is 15.0 Å². The number of nitrogens with one attached hydrogen (secondary N) is 1. The van der Waals surface area contributed by atoms with Crippen LogP contribution in [-0.2, 0) is 15.8 Å². The molecule has 0 saturated carbocycles. The molecular formula is C25H24F3N3O3. The van der Waals surface area contributed by atoms with Gasteiger partial charge in [-0.2, -0.15) is 13.2 Å². The SMILES string of the molecule is O=C(CN1CCN(C(=O)COc2ccc3ccccc3c2)CC1)Nc1ccccc1C(F)(F)F. The van der Waals surface area contributed by atoms with E-state index in [1.165, 1.54) is 18.2 Å². The van der Waals surface area contributed by atoms with Crippen LogP contribution < -0.4 is 10.1 Å². The zero-order valence-corrected chi connectivity index (χ0v) is 18.3. The first-order chi connectivity index (χ1) is 16.3. The Balaban J connectivity index is 1.24. The highest BCUT2D eigenvalue weighted by Crippen LogP contribution is 2.34. The van der Waals surface area contributed by atoms with E-state index in [0.717, 1.165) is 16.8 Å². The van der Waals surface area contributed by atoms with E-state index in [0.29, 0.717) is 31.9 Å². The van der Waals surface area contributed by atoms with Gasteiger partial charge in [0.1, 0.15) is 5.75 Å². The third kappa shape index (κ3) is 5.85. The van der Waals surface area contributed by atoms with Gasteiger partial charge in [0.2, 0.25) is 5.91 Å². The Labute approximate surface area is 194 Å². The molecule has 1 N–H and O–H groups in total. The minimum atomic E-state index is -4.55. The molecule has 6 nitrogen and oxygen atoms in total. The van der Waals surface area contributed by atoms with Crippen LogP contribution in [0.3, 0.4) is 0 Å². The summed E-state index contributed by atoms with van der Waals surface area (Å²) in [6, 6.07) is 18.4. The number of nitrogens with zero attached hydrogens (tertiary/aromatic N) is 2. The molecule has 0 aromatic heterocycles. The highest BCUT2D eigenvalue weighted by Gasteiger charge is 2.33. The summed E-state index contributed by atoms with van der Waals surface area (Å²) < 4.78 is 45.0. The van der Waals surface area contributed by atoms with Crippen LogP contribution in [0.25, 0.3) is 10.8 Å². The largest absolute Gasteiger partial charge is 0.484 e. The van der Waals surface area contributed by atoms with Gasteiger partial charge in [-0.1, -0.05) is 42.5 Å². The average molecular weight is 471 g/mol. The first-order valence-electron chi connectivity index (χ1n) is 10.9. The molecule has 9 heteroatoms. The molecule has 4 rings (SSSR count). The first kappa shape index (κ1) is 23.6. The van der Waals surface area contributed by atoms with E-state index in [2.05, 4.69) is 5.32 Å². The predicted molar refractivity (Wildman–Crippen MR) is 123 cm³/mol. The molecule has 0 unspecified atom stereocenters. The summed E-state index contributed by atoms with van der Waals surface area (Å²) in [5.74, 6) is -0.0750. The van der Waals surface area contributed by atoms with Crippen LogP contribution >= 0.6 is 0 Å². The highest BCUT2D eigenvalue weighted by atomic mass is 19.4. The van der Waals surface area contributed by atoms with Crippen molar-refractivity contribution >= 4 is 28.3 Å². The quantitative estimate of drug-likeness (QED) is 0.590. The summed E-state index contributed by atoms with van der Waals surface area (Å²) in [6.45, 7) is 1.56. The Bertz CT molecular complexity index is 1170. The molecule has 1 aliphatic rings. The lowest BCUT2D eigenvalue weighted by Gasteiger charge is -2.34. The lowest BCUT2D eigenvalue weighted by atomic mass is 10.1. The normalized spacial score (nSPS) is 14.7. The molecule has 3 aromatic rings. The average Bonchev–Trinajstić information content (AvgIpc) is 2.82. The number of rotatable bonds is 6. The van der Waals surface area contributed by atoms with Gasteiger partial charge in [-0.25, -0.2) is 0 Å². The fourth-order valence-electron chi connectivity index (χ4n) is 3.88. The second-order valence-electron chi connectivity index (χ2n) is 8.05. The minimum Gasteiger partial charge on any atom is -0.484 e. The number of carbonyl (C=O) groups excluding carboxylic acids is 2. The van der Waals surface area contributed by atoms with Crippen molar-refractivity contribution in [3.8, 4) is 5.75 Å². The van der Waals surface area contributed by atoms with Gasteiger partial charge in [-0.05, 0) is 35.0 Å². The lowest BCUT2D eigenvalue weighted by molar-refractivity contribution is -0.137. The Hall–Kier alpha value is -3.59. The van der Waals surface area contributed by atoms with E-state index in [4.69, 9.17) is 4.74 Å². The molecule has 1 fully saturated rings. The van der Waals surface area contributed by atoms with E-state index < -0.39 is 17.6 Å². The molecule has 0 spiro atoms. The van der Waals surface area contributed by atoms with Crippen LogP contribution in [0.2, 0.25) is 0 Å². The fourth-order valence-corrected chi connectivity index (χ4v) is 3.88. The summed E-state index contributed by atoms with van der Waals surface area (Å²) in [5.41, 5.74) is -1.15. The molecule has 34 heavy (non-hydrogen) atoms. The highest BCUT2D eigenvalue weighted by molar-refractivity contribution is 5.93. The number of hydrogen-bond donors (Lipinski definition) is 1. The van der Waals surface area contributed by atoms with Gasteiger partial charge in [-0.15, -0.1) is 0 Å². The third-order valence-corrected chi connectivity index (χ3v) is 5.68. The van der Waals surface area contributed by atoms with Crippen LogP contribution in [0, 0.1) is 0 Å². The number of ether oxygens (including phenoxy) is 1. The summed E-state index contributed by atoms with van der Waals surface area (Å²) in [6.07, 6.45) is -4.55. The van der Waals surface area contributed by atoms with Gasteiger partial charge in [0.15, 0.2) is 6.61 Å². The smallest absolute Gasteiger partial charge is 0.418 e. The van der Waals surface area contributed by atoms with E-state index in [-0.39, 0.29) is 24.7 Å². The molecule has 178 valence electrons. The Kier molecular flexibility index (Phi) is 7.02. The molecule has 3 aromatic carbocycles. The van der Waals surface area contributed by atoms with Gasteiger partial charge >= 0.3 is 6.18 Å². The standard InChI is InChI=1S/C25H24F3N3O3/c26-25(27,28)21-7-3-4-8-22(21)29-23(32)16-30-11-13-31(14-12-30)24(33)17-34-20-10-9-18-5-1-2-6-19(18)15-20/h1-10,15H,11-14,16-17H2,(H,29,32). The van der Waals surface area contributed by atoms with Gasteiger partial charge in [0.05, 0.1) is 17.8 Å². The molecule has 1 heterocycles. The number of piperazine rings is 1. The van der Waals surface area contributed by atoms with E-state index in [9.17, 15) is 22.8 Å². The van der Waals surface area contributed by atoms with Gasteiger partial charge in [0.25, 0.3) is 5.91 Å². The van der Waals surface area contributed by atoms with Crippen molar-refractivity contribution in [1.82, 2.24) is 9.80 Å². The van der Waals surface area contributed by atoms with Gasteiger partial charge in [0, 0.05) is 26.2 Å². The molecule has 0 radical (unpaired) electrons. The minimum absolute atomic E-state index is 0.0538. The van der Waals surface area contributed by atoms with Crippen LogP contribution in [0.1, 0.15) is 5.56 Å². The molecule has 2 amide bonds. The number of halogens is 3. The topological polar surface area (TPSA) is 61.9 Å². The summed E-state index contributed by atoms with van der Waals surface area (Å²) in [4.78, 5) is 28.3. The fraction of sp³-hybridized carbons (Fsp3) is 0.280. The van der Waals surface area contributed by atoms with Crippen molar-refractivity contribution in [1.29, 1.82) is 0 Å². The van der Waals surface area contributed by atoms with Crippen molar-refractivity contribution in [2.75, 3.05) is 44.6 Å². The summed E-state index contributed by atoms with van der Waals surface area (Å²) >= 11 is 0. The number of para-hydroxylation sites is 1. The Morgan fingerprint density at radius 1 is 0.882 bits per heavy atom. The molecule has 0 atom stereocenters. The molecule has 0 aliphatic carbocycles. The number of benzene rings is 3. The third-order valence-electron chi connectivity index (χ3n) is 5.68. The zero-order valence-electron chi connectivity index (χ0n) is 18.3. The predicted octanol–water partition coefficient (Wildman–Crippen LogP) is 4.02. The van der Waals surface area contributed by atoms with Crippen molar-refractivity contribution < 1.29 is 27.5 Å². The van der Waals surface area contributed by atoms with Crippen LogP contribution in [0.15, 0.2) is 66.7 Å². The number of fused-ring (bicyclic) bond motifs is 1. The number of carbonyl (C=O) groups is 2. The Morgan fingerprint density at radius 2 is 1.56 bits per heavy atom. The number of hydrogen-bond acceptors (Lipinski definition) is 4. The number of anilines is 1. The van der Waals surface area contributed by atoms with Crippen molar-refractivity contribution in [2.45, 2.75) is 6.18 Å². The van der Waals surface area contributed by atoms with Crippen LogP contribution in [0.4, 0.5) is 18.9 Å². The number of alkyl halides is 3. The second kappa shape index (κ2) is 10.1. The van der Waals surface area contributed by atoms with E-state index in [1.807, 2.05) is 42.5 Å². The van der Waals surface area contributed by atoms with Crippen molar-refractivity contribution in [3.05, 3.63) is 72.3 Å². The summed E-state index contributed by atoms with van der Waals surface area (Å²) in [5, 5.41) is 4.46. The monoisotopic (exact) mass is 471 g/mol. The lowest BCUT2D eigenvalue weighted by Crippen LogP contribution is -2.51.